The summed E-state index contributed by atoms with van der Waals surface area (Å²) in [6, 6.07) is 11.0. The molecular formula is C15H18N2O2S2. The standard InChI is InChI=1S/C15H18N2O2S2/c1-15(19,13-7-4-8-21-13)10-16-14(18)17-11-5-3-6-12(9-11)20-2/h3-9,19H,10H2,1-2H3,(H2,16,17,18). The Morgan fingerprint density at radius 1 is 1.38 bits per heavy atom. The number of nitrogens with one attached hydrogen (secondary N) is 2. The van der Waals surface area contributed by atoms with Crippen LogP contribution in [0.5, 0.6) is 0 Å². The molecule has 21 heavy (non-hydrogen) atoms. The average molecular weight is 322 g/mol. The van der Waals surface area contributed by atoms with Crippen molar-refractivity contribution in [2.75, 3.05) is 18.1 Å². The predicted octanol–water partition coefficient (Wildman–Crippen LogP) is 3.50. The zero-order valence-corrected chi connectivity index (χ0v) is 13.6. The highest BCUT2D eigenvalue weighted by atomic mass is 32.2. The molecule has 0 aliphatic heterocycles. The summed E-state index contributed by atoms with van der Waals surface area (Å²) in [5, 5.41) is 17.7. The van der Waals surface area contributed by atoms with Gasteiger partial charge < -0.3 is 15.7 Å². The summed E-state index contributed by atoms with van der Waals surface area (Å²) in [4.78, 5) is 13.8. The van der Waals surface area contributed by atoms with Crippen molar-refractivity contribution in [1.29, 1.82) is 0 Å². The Hall–Kier alpha value is -1.50. The molecule has 112 valence electrons. The summed E-state index contributed by atoms with van der Waals surface area (Å²) in [6.45, 7) is 1.84. The molecule has 4 nitrogen and oxygen atoms in total. The van der Waals surface area contributed by atoms with Crippen molar-refractivity contribution in [1.82, 2.24) is 5.32 Å². The molecule has 2 amide bonds. The van der Waals surface area contributed by atoms with E-state index in [1.807, 2.05) is 48.0 Å². The van der Waals surface area contributed by atoms with Gasteiger partial charge in [0, 0.05) is 15.5 Å². The van der Waals surface area contributed by atoms with Crippen LogP contribution in [0.25, 0.3) is 0 Å². The highest BCUT2D eigenvalue weighted by Gasteiger charge is 2.24. The molecule has 0 fully saturated rings. The van der Waals surface area contributed by atoms with E-state index in [1.54, 1.807) is 18.7 Å². The largest absolute Gasteiger partial charge is 0.383 e. The van der Waals surface area contributed by atoms with Gasteiger partial charge in [0.2, 0.25) is 0 Å². The first-order valence-electron chi connectivity index (χ1n) is 6.46. The Labute approximate surface area is 132 Å². The van der Waals surface area contributed by atoms with Crippen molar-refractivity contribution >= 4 is 34.8 Å². The highest BCUT2D eigenvalue weighted by Crippen LogP contribution is 2.24. The molecule has 1 unspecified atom stereocenters. The van der Waals surface area contributed by atoms with Crippen LogP contribution in [0.3, 0.4) is 0 Å². The van der Waals surface area contributed by atoms with Crippen molar-refractivity contribution in [2.24, 2.45) is 0 Å². The molecule has 2 aromatic rings. The second kappa shape index (κ2) is 6.98. The van der Waals surface area contributed by atoms with Gasteiger partial charge in [0.15, 0.2) is 0 Å². The molecule has 2 rings (SSSR count). The van der Waals surface area contributed by atoms with E-state index < -0.39 is 5.60 Å². The third-order valence-corrected chi connectivity index (χ3v) is 4.82. The van der Waals surface area contributed by atoms with Crippen molar-refractivity contribution in [3.8, 4) is 0 Å². The Kier molecular flexibility index (Phi) is 5.27. The van der Waals surface area contributed by atoms with Crippen molar-refractivity contribution in [3.63, 3.8) is 0 Å². The van der Waals surface area contributed by atoms with Crippen LogP contribution in [-0.2, 0) is 5.60 Å². The number of urea groups is 1. The van der Waals surface area contributed by atoms with E-state index in [4.69, 9.17) is 0 Å². The zero-order chi connectivity index (χ0) is 15.3. The number of anilines is 1. The highest BCUT2D eigenvalue weighted by molar-refractivity contribution is 7.98. The van der Waals surface area contributed by atoms with Gasteiger partial charge in [-0.1, -0.05) is 12.1 Å². The number of carbonyl (C=O) groups is 1. The van der Waals surface area contributed by atoms with Gasteiger partial charge >= 0.3 is 6.03 Å². The Morgan fingerprint density at radius 2 is 2.19 bits per heavy atom. The van der Waals surface area contributed by atoms with E-state index >= 15 is 0 Å². The summed E-state index contributed by atoms with van der Waals surface area (Å²) in [7, 11) is 0. The van der Waals surface area contributed by atoms with E-state index in [0.29, 0.717) is 0 Å². The van der Waals surface area contributed by atoms with Crippen LogP contribution in [-0.4, -0.2) is 23.9 Å². The molecular weight excluding hydrogens is 304 g/mol. The topological polar surface area (TPSA) is 61.4 Å². The first-order valence-corrected chi connectivity index (χ1v) is 8.57. The smallest absolute Gasteiger partial charge is 0.319 e. The van der Waals surface area contributed by atoms with Crippen LogP contribution < -0.4 is 10.6 Å². The van der Waals surface area contributed by atoms with E-state index in [9.17, 15) is 9.90 Å². The maximum atomic E-state index is 11.9. The summed E-state index contributed by atoms with van der Waals surface area (Å²) < 4.78 is 0. The molecule has 0 saturated carbocycles. The number of hydrogen-bond acceptors (Lipinski definition) is 4. The van der Waals surface area contributed by atoms with E-state index in [0.717, 1.165) is 15.5 Å². The molecule has 3 N–H and O–H groups in total. The normalized spacial score (nSPS) is 13.5. The number of amides is 2. The number of aliphatic hydroxyl groups is 1. The number of benzene rings is 1. The quantitative estimate of drug-likeness (QED) is 0.738. The van der Waals surface area contributed by atoms with Gasteiger partial charge in [-0.2, -0.15) is 0 Å². The maximum absolute atomic E-state index is 11.9. The molecule has 6 heteroatoms. The number of carbonyl (C=O) groups excluding carboxylic acids is 1. The van der Waals surface area contributed by atoms with Gasteiger partial charge in [-0.25, -0.2) is 4.79 Å². The minimum Gasteiger partial charge on any atom is -0.383 e. The lowest BCUT2D eigenvalue weighted by Crippen LogP contribution is -2.40. The molecule has 0 bridgehead atoms. The van der Waals surface area contributed by atoms with Gasteiger partial charge in [0.1, 0.15) is 5.60 Å². The molecule has 1 aromatic carbocycles. The summed E-state index contributed by atoms with van der Waals surface area (Å²) in [6.07, 6.45) is 1.98. The molecule has 0 aliphatic rings. The molecule has 1 atom stereocenters. The van der Waals surface area contributed by atoms with E-state index in [1.165, 1.54) is 11.3 Å². The summed E-state index contributed by atoms with van der Waals surface area (Å²) in [5.74, 6) is 0. The number of thiophene rings is 1. The lowest BCUT2D eigenvalue weighted by molar-refractivity contribution is 0.0637. The predicted molar refractivity (Wildman–Crippen MR) is 89.1 cm³/mol. The number of rotatable bonds is 5. The lowest BCUT2D eigenvalue weighted by atomic mass is 10.1. The first-order chi connectivity index (χ1) is 10.0. The van der Waals surface area contributed by atoms with Crippen LogP contribution in [0.15, 0.2) is 46.7 Å². The van der Waals surface area contributed by atoms with Gasteiger partial charge in [-0.15, -0.1) is 23.1 Å². The third-order valence-electron chi connectivity index (χ3n) is 2.97. The fourth-order valence-electron chi connectivity index (χ4n) is 1.80. The lowest BCUT2D eigenvalue weighted by Gasteiger charge is -2.22. The minimum absolute atomic E-state index is 0.154. The van der Waals surface area contributed by atoms with E-state index in [-0.39, 0.29) is 12.6 Å². The summed E-state index contributed by atoms with van der Waals surface area (Å²) >= 11 is 3.08. The molecule has 0 spiro atoms. The van der Waals surface area contributed by atoms with Gasteiger partial charge in [0.05, 0.1) is 6.54 Å². The fourth-order valence-corrected chi connectivity index (χ4v) is 3.05. The molecule has 1 aromatic heterocycles. The third kappa shape index (κ3) is 4.49. The Bertz CT molecular complexity index is 597. The second-order valence-electron chi connectivity index (χ2n) is 4.79. The Morgan fingerprint density at radius 3 is 2.86 bits per heavy atom. The minimum atomic E-state index is -1.06. The van der Waals surface area contributed by atoms with Crippen molar-refractivity contribution in [3.05, 3.63) is 46.7 Å². The van der Waals surface area contributed by atoms with Gasteiger partial charge in [-0.3, -0.25) is 0 Å². The molecule has 0 saturated heterocycles. The van der Waals surface area contributed by atoms with Crippen LogP contribution in [0.1, 0.15) is 11.8 Å². The number of thioether (sulfide) groups is 1. The monoisotopic (exact) mass is 322 g/mol. The maximum Gasteiger partial charge on any atom is 0.319 e. The molecule has 0 aliphatic carbocycles. The van der Waals surface area contributed by atoms with Crippen LogP contribution in [0.4, 0.5) is 10.5 Å². The SMILES string of the molecule is CSc1cccc(NC(=O)NCC(C)(O)c2cccs2)c1. The second-order valence-corrected chi connectivity index (χ2v) is 6.62. The van der Waals surface area contributed by atoms with Crippen molar-refractivity contribution in [2.45, 2.75) is 17.4 Å². The zero-order valence-electron chi connectivity index (χ0n) is 11.9. The van der Waals surface area contributed by atoms with Crippen LogP contribution in [0.2, 0.25) is 0 Å². The van der Waals surface area contributed by atoms with Crippen molar-refractivity contribution < 1.29 is 9.90 Å². The first kappa shape index (κ1) is 15.9. The van der Waals surface area contributed by atoms with Crippen LogP contribution in [0, 0.1) is 0 Å². The molecule has 1 heterocycles. The van der Waals surface area contributed by atoms with E-state index in [2.05, 4.69) is 10.6 Å². The van der Waals surface area contributed by atoms with Gasteiger partial charge in [0.25, 0.3) is 0 Å². The average Bonchev–Trinajstić information content (AvgIpc) is 3.00. The van der Waals surface area contributed by atoms with Gasteiger partial charge in [-0.05, 0) is 42.8 Å². The summed E-state index contributed by atoms with van der Waals surface area (Å²) in [5.41, 5.74) is -0.331. The Balaban J connectivity index is 1.90. The molecule has 0 radical (unpaired) electrons. The number of hydrogen-bond donors (Lipinski definition) is 3. The fraction of sp³-hybridized carbons (Fsp3) is 0.267. The van der Waals surface area contributed by atoms with Crippen LogP contribution >= 0.6 is 23.1 Å².